The second kappa shape index (κ2) is 7.55. The Morgan fingerprint density at radius 1 is 1.24 bits per heavy atom. The highest BCUT2D eigenvalue weighted by atomic mass is 32.2. The summed E-state index contributed by atoms with van der Waals surface area (Å²) in [5.41, 5.74) is 0. The number of thioether (sulfide) groups is 1. The molecule has 1 unspecified atom stereocenters. The Morgan fingerprint density at radius 2 is 1.88 bits per heavy atom. The molecule has 0 saturated heterocycles. The summed E-state index contributed by atoms with van der Waals surface area (Å²) in [6, 6.07) is 0. The maximum atomic E-state index is 11.7. The largest absolute Gasteiger partial charge is 0.432 e. The summed E-state index contributed by atoms with van der Waals surface area (Å²) < 4.78 is 5.04. The van der Waals surface area contributed by atoms with Crippen molar-refractivity contribution in [2.45, 2.75) is 45.3 Å². The highest BCUT2D eigenvalue weighted by Crippen LogP contribution is 2.25. The molecule has 5 nitrogen and oxygen atoms in total. The second-order valence-electron chi connectivity index (χ2n) is 3.97. The third kappa shape index (κ3) is 5.41. The number of esters is 1. The number of ether oxygens (including phenoxy) is 1. The summed E-state index contributed by atoms with van der Waals surface area (Å²) in [6.07, 6.45) is 5.77. The van der Waals surface area contributed by atoms with Gasteiger partial charge >= 0.3 is 11.3 Å². The normalized spacial score (nSPS) is 18.5. The van der Waals surface area contributed by atoms with Gasteiger partial charge in [0.1, 0.15) is 0 Å². The number of hydrogen-bond donors (Lipinski definition) is 0. The van der Waals surface area contributed by atoms with Crippen LogP contribution >= 0.6 is 11.8 Å². The van der Waals surface area contributed by atoms with Crippen LogP contribution in [0, 0.1) is 5.92 Å². The Labute approximate surface area is 105 Å². The molecule has 1 fully saturated rings. The van der Waals surface area contributed by atoms with Gasteiger partial charge in [0.2, 0.25) is 6.29 Å². The van der Waals surface area contributed by atoms with E-state index in [1.54, 1.807) is 6.26 Å². The van der Waals surface area contributed by atoms with Crippen molar-refractivity contribution in [3.8, 4) is 0 Å². The van der Waals surface area contributed by atoms with Crippen LogP contribution in [0.2, 0.25) is 0 Å². The van der Waals surface area contributed by atoms with Crippen molar-refractivity contribution in [3.05, 3.63) is 0 Å². The third-order valence-electron chi connectivity index (χ3n) is 2.64. The molecule has 0 bridgehead atoms. The van der Waals surface area contributed by atoms with E-state index in [2.05, 4.69) is 9.78 Å². The Hall–Kier alpha value is -0.750. The molecule has 17 heavy (non-hydrogen) atoms. The predicted octanol–water partition coefficient (Wildman–Crippen LogP) is 2.89. The molecule has 1 rings (SSSR count). The average Bonchev–Trinajstić information content (AvgIpc) is 2.36. The minimum atomic E-state index is -0.861. The summed E-state index contributed by atoms with van der Waals surface area (Å²) in [5, 5.41) is -0.564. The molecule has 1 saturated carbocycles. The molecular formula is C11H18O5S. The Balaban J connectivity index is 2.22. The highest BCUT2D eigenvalue weighted by Gasteiger charge is 2.24. The fourth-order valence-electron chi connectivity index (χ4n) is 1.76. The first kappa shape index (κ1) is 14.3. The van der Waals surface area contributed by atoms with E-state index in [-0.39, 0.29) is 11.9 Å². The smallest absolute Gasteiger partial charge is 0.400 e. The Kier molecular flexibility index (Phi) is 6.36. The van der Waals surface area contributed by atoms with Crippen LogP contribution in [0.15, 0.2) is 0 Å². The van der Waals surface area contributed by atoms with Gasteiger partial charge in [-0.25, -0.2) is 4.79 Å². The lowest BCUT2D eigenvalue weighted by Crippen LogP contribution is -2.26. The van der Waals surface area contributed by atoms with Gasteiger partial charge in [-0.3, -0.25) is 9.68 Å². The molecule has 0 amide bonds. The van der Waals surface area contributed by atoms with Crippen molar-refractivity contribution < 1.29 is 24.1 Å². The van der Waals surface area contributed by atoms with Gasteiger partial charge in [-0.2, -0.15) is 0 Å². The standard InChI is InChI=1S/C11H18O5S/c1-8(15-16-11(13)17-2)14-10(12)9-6-4-3-5-7-9/h8-9H,3-7H2,1-2H3. The molecule has 0 aromatic carbocycles. The third-order valence-corrected chi connectivity index (χ3v) is 3.04. The molecular weight excluding hydrogens is 244 g/mol. The fourth-order valence-corrected chi connectivity index (χ4v) is 1.87. The van der Waals surface area contributed by atoms with Crippen LogP contribution in [-0.2, 0) is 19.3 Å². The quantitative estimate of drug-likeness (QED) is 0.336. The molecule has 0 aliphatic heterocycles. The molecule has 0 aromatic rings. The van der Waals surface area contributed by atoms with E-state index in [4.69, 9.17) is 4.74 Å². The van der Waals surface area contributed by atoms with Crippen LogP contribution in [0.1, 0.15) is 39.0 Å². The number of hydrogen-bond acceptors (Lipinski definition) is 6. The summed E-state index contributed by atoms with van der Waals surface area (Å²) >= 11 is 0.887. The van der Waals surface area contributed by atoms with E-state index in [9.17, 15) is 9.59 Å². The van der Waals surface area contributed by atoms with Gasteiger partial charge in [0.05, 0.1) is 5.92 Å². The summed E-state index contributed by atoms with van der Waals surface area (Å²) in [7, 11) is 0. The molecule has 6 heteroatoms. The van der Waals surface area contributed by atoms with Crippen LogP contribution in [0.5, 0.6) is 0 Å². The molecule has 98 valence electrons. The number of rotatable bonds is 4. The van der Waals surface area contributed by atoms with Gasteiger partial charge in [-0.1, -0.05) is 19.3 Å². The van der Waals surface area contributed by atoms with Gasteiger partial charge in [0, 0.05) is 6.92 Å². The highest BCUT2D eigenvalue weighted by molar-refractivity contribution is 8.12. The predicted molar refractivity (Wildman–Crippen MR) is 63.2 cm³/mol. The van der Waals surface area contributed by atoms with Crippen molar-refractivity contribution in [1.29, 1.82) is 0 Å². The van der Waals surface area contributed by atoms with Crippen LogP contribution in [0.25, 0.3) is 0 Å². The van der Waals surface area contributed by atoms with Gasteiger partial charge in [0.25, 0.3) is 0 Å². The maximum Gasteiger partial charge on any atom is 0.400 e. The van der Waals surface area contributed by atoms with Crippen LogP contribution in [0.3, 0.4) is 0 Å². The van der Waals surface area contributed by atoms with E-state index in [1.165, 1.54) is 13.3 Å². The zero-order valence-electron chi connectivity index (χ0n) is 10.1. The maximum absolute atomic E-state index is 11.7. The fraction of sp³-hybridized carbons (Fsp3) is 0.818. The Bertz CT molecular complexity index is 263. The zero-order chi connectivity index (χ0) is 12.7. The van der Waals surface area contributed by atoms with E-state index in [1.807, 2.05) is 0 Å². The van der Waals surface area contributed by atoms with E-state index in [0.717, 1.165) is 37.4 Å². The van der Waals surface area contributed by atoms with Crippen LogP contribution < -0.4 is 0 Å². The van der Waals surface area contributed by atoms with Crippen molar-refractivity contribution in [2.75, 3.05) is 6.26 Å². The van der Waals surface area contributed by atoms with E-state index < -0.39 is 11.6 Å². The minimum Gasteiger partial charge on any atom is -0.432 e. The zero-order valence-corrected chi connectivity index (χ0v) is 11.0. The van der Waals surface area contributed by atoms with Crippen molar-refractivity contribution in [3.63, 3.8) is 0 Å². The second-order valence-corrected chi connectivity index (χ2v) is 4.71. The first-order valence-corrected chi connectivity index (χ1v) is 6.97. The summed E-state index contributed by atoms with van der Waals surface area (Å²) in [4.78, 5) is 31.5. The van der Waals surface area contributed by atoms with Gasteiger partial charge in [0.15, 0.2) is 0 Å². The molecule has 0 N–H and O–H groups in total. The molecule has 1 atom stereocenters. The molecule has 1 aliphatic carbocycles. The lowest BCUT2D eigenvalue weighted by Gasteiger charge is -2.21. The molecule has 1 aliphatic rings. The molecule has 0 heterocycles. The summed E-state index contributed by atoms with van der Waals surface area (Å²) in [6.45, 7) is 1.52. The molecule has 0 spiro atoms. The number of carbonyl (C=O) groups is 2. The van der Waals surface area contributed by atoms with Gasteiger partial charge in [-0.05, 0) is 30.9 Å². The Morgan fingerprint density at radius 3 is 2.47 bits per heavy atom. The van der Waals surface area contributed by atoms with E-state index >= 15 is 0 Å². The molecule has 0 aromatic heterocycles. The van der Waals surface area contributed by atoms with Crippen molar-refractivity contribution in [2.24, 2.45) is 5.92 Å². The SMILES string of the molecule is CSC(=O)OOC(C)OC(=O)C1CCCCC1. The lowest BCUT2D eigenvalue weighted by molar-refractivity contribution is -0.320. The van der Waals surface area contributed by atoms with Gasteiger partial charge < -0.3 is 4.74 Å². The van der Waals surface area contributed by atoms with Crippen molar-refractivity contribution in [1.82, 2.24) is 0 Å². The van der Waals surface area contributed by atoms with Gasteiger partial charge in [-0.15, -0.1) is 4.89 Å². The number of carbonyl (C=O) groups excluding carboxylic acids is 2. The monoisotopic (exact) mass is 262 g/mol. The van der Waals surface area contributed by atoms with Crippen LogP contribution in [-0.4, -0.2) is 23.8 Å². The first-order chi connectivity index (χ1) is 8.13. The first-order valence-electron chi connectivity index (χ1n) is 5.75. The minimum absolute atomic E-state index is 0.0361. The topological polar surface area (TPSA) is 61.8 Å². The molecule has 0 radical (unpaired) electrons. The van der Waals surface area contributed by atoms with E-state index in [0.29, 0.717) is 0 Å². The lowest BCUT2D eigenvalue weighted by atomic mass is 9.89. The van der Waals surface area contributed by atoms with Crippen molar-refractivity contribution >= 4 is 23.0 Å². The summed E-state index contributed by atoms with van der Waals surface area (Å²) in [5.74, 6) is -0.302. The van der Waals surface area contributed by atoms with Crippen LogP contribution in [0.4, 0.5) is 4.79 Å². The average molecular weight is 262 g/mol.